The highest BCUT2D eigenvalue weighted by atomic mass is 79.9. The van der Waals surface area contributed by atoms with Crippen molar-refractivity contribution in [2.24, 2.45) is 0 Å². The summed E-state index contributed by atoms with van der Waals surface area (Å²) in [7, 11) is 0. The van der Waals surface area contributed by atoms with E-state index < -0.39 is 0 Å². The number of anilines is 1. The second-order valence-corrected chi connectivity index (χ2v) is 10.5. The predicted molar refractivity (Wildman–Crippen MR) is 144 cm³/mol. The van der Waals surface area contributed by atoms with E-state index in [0.29, 0.717) is 29.0 Å². The SMILES string of the molecule is O=C(CCNC(=S)Nc1ccc(Cl)cc1)N1CCC(c2nc(-c3cccc(Br)c3)cs2)CC1. The predicted octanol–water partition coefficient (Wildman–Crippen LogP) is 6.31. The standard InChI is InChI=1S/C24H24BrClN4OS2/c25-18-3-1-2-17(14-18)21-15-33-23(29-21)16-9-12-30(13-10-16)22(31)8-11-27-24(32)28-20-6-4-19(26)5-7-20/h1-7,14-16H,8-13H2,(H2,27,28,32). The van der Waals surface area contributed by atoms with Gasteiger partial charge in [-0.25, -0.2) is 4.98 Å². The van der Waals surface area contributed by atoms with Gasteiger partial charge in [0, 0.05) is 58.1 Å². The van der Waals surface area contributed by atoms with Gasteiger partial charge in [-0.1, -0.05) is 39.7 Å². The number of carbonyl (C=O) groups excluding carboxylic acids is 1. The molecular weight excluding hydrogens is 540 g/mol. The van der Waals surface area contributed by atoms with Crippen LogP contribution in [0.4, 0.5) is 5.69 Å². The molecule has 5 nitrogen and oxygen atoms in total. The van der Waals surface area contributed by atoms with Gasteiger partial charge in [0.1, 0.15) is 0 Å². The molecule has 0 atom stereocenters. The van der Waals surface area contributed by atoms with Gasteiger partial charge >= 0.3 is 0 Å². The molecule has 3 aromatic rings. The molecule has 0 saturated carbocycles. The summed E-state index contributed by atoms with van der Waals surface area (Å²) in [5, 5.41) is 10.7. The summed E-state index contributed by atoms with van der Waals surface area (Å²) in [6.07, 6.45) is 2.31. The number of piperidine rings is 1. The number of aromatic nitrogens is 1. The first-order valence-electron chi connectivity index (χ1n) is 10.8. The van der Waals surface area contributed by atoms with Crippen molar-refractivity contribution >= 4 is 67.8 Å². The van der Waals surface area contributed by atoms with Crippen molar-refractivity contribution in [1.29, 1.82) is 0 Å². The number of amides is 1. The first-order valence-corrected chi connectivity index (χ1v) is 13.2. The van der Waals surface area contributed by atoms with Crippen molar-refractivity contribution in [1.82, 2.24) is 15.2 Å². The molecular formula is C24H24BrClN4OS2. The third-order valence-corrected chi connectivity index (χ3v) is 7.56. The normalized spacial score (nSPS) is 14.2. The number of likely N-dealkylation sites (tertiary alicyclic amines) is 1. The summed E-state index contributed by atoms with van der Waals surface area (Å²) >= 11 is 16.4. The Morgan fingerprint density at radius 3 is 2.70 bits per heavy atom. The number of benzene rings is 2. The lowest BCUT2D eigenvalue weighted by Gasteiger charge is -2.31. The van der Waals surface area contributed by atoms with Crippen LogP contribution in [0, 0.1) is 0 Å². The first-order chi connectivity index (χ1) is 16.0. The lowest BCUT2D eigenvalue weighted by Crippen LogP contribution is -2.40. The zero-order chi connectivity index (χ0) is 23.2. The van der Waals surface area contributed by atoms with E-state index in [1.54, 1.807) is 23.5 Å². The van der Waals surface area contributed by atoms with Gasteiger partial charge in [0.25, 0.3) is 0 Å². The molecule has 2 heterocycles. The molecule has 1 amide bonds. The van der Waals surface area contributed by atoms with Gasteiger partial charge in [-0.05, 0) is 61.5 Å². The van der Waals surface area contributed by atoms with Crippen molar-refractivity contribution < 1.29 is 4.79 Å². The summed E-state index contributed by atoms with van der Waals surface area (Å²) in [6, 6.07) is 15.5. The second kappa shape index (κ2) is 11.4. The quantitative estimate of drug-likeness (QED) is 0.344. The summed E-state index contributed by atoms with van der Waals surface area (Å²) in [5.41, 5.74) is 3.00. The number of nitrogens with zero attached hydrogens (tertiary/aromatic N) is 2. The smallest absolute Gasteiger partial charge is 0.224 e. The largest absolute Gasteiger partial charge is 0.362 e. The molecule has 33 heavy (non-hydrogen) atoms. The van der Waals surface area contributed by atoms with Crippen LogP contribution in [0.5, 0.6) is 0 Å². The van der Waals surface area contributed by atoms with Crippen LogP contribution in [0.15, 0.2) is 58.4 Å². The Morgan fingerprint density at radius 2 is 1.97 bits per heavy atom. The Hall–Kier alpha value is -2.00. The molecule has 172 valence electrons. The summed E-state index contributed by atoms with van der Waals surface area (Å²) in [4.78, 5) is 19.5. The zero-order valence-electron chi connectivity index (χ0n) is 17.9. The Bertz CT molecular complexity index is 1110. The van der Waals surface area contributed by atoms with E-state index in [4.69, 9.17) is 28.8 Å². The molecule has 0 spiro atoms. The van der Waals surface area contributed by atoms with Crippen molar-refractivity contribution in [3.63, 3.8) is 0 Å². The van der Waals surface area contributed by atoms with Gasteiger partial charge in [-0.2, -0.15) is 0 Å². The molecule has 2 aromatic carbocycles. The first kappa shape index (κ1) is 24.1. The van der Waals surface area contributed by atoms with Crippen molar-refractivity contribution in [3.05, 3.63) is 68.4 Å². The van der Waals surface area contributed by atoms with Gasteiger partial charge in [-0.3, -0.25) is 4.79 Å². The van der Waals surface area contributed by atoms with Crippen LogP contribution in [0.1, 0.15) is 30.2 Å². The third kappa shape index (κ3) is 6.76. The monoisotopic (exact) mass is 562 g/mol. The van der Waals surface area contributed by atoms with E-state index in [2.05, 4.69) is 44.1 Å². The Morgan fingerprint density at radius 1 is 1.21 bits per heavy atom. The fourth-order valence-electron chi connectivity index (χ4n) is 3.78. The lowest BCUT2D eigenvalue weighted by atomic mass is 9.97. The van der Waals surface area contributed by atoms with Crippen LogP contribution in [0.3, 0.4) is 0 Å². The number of rotatable bonds is 6. The van der Waals surface area contributed by atoms with Crippen molar-refractivity contribution in [3.8, 4) is 11.3 Å². The average molecular weight is 564 g/mol. The van der Waals surface area contributed by atoms with E-state index in [0.717, 1.165) is 52.4 Å². The highest BCUT2D eigenvalue weighted by molar-refractivity contribution is 9.10. The van der Waals surface area contributed by atoms with Crippen LogP contribution in [0.25, 0.3) is 11.3 Å². The average Bonchev–Trinajstić information content (AvgIpc) is 3.31. The minimum Gasteiger partial charge on any atom is -0.362 e. The maximum atomic E-state index is 12.6. The number of nitrogens with one attached hydrogen (secondary N) is 2. The fourth-order valence-corrected chi connectivity index (χ4v) is 5.53. The summed E-state index contributed by atoms with van der Waals surface area (Å²) in [6.45, 7) is 2.03. The van der Waals surface area contributed by atoms with Gasteiger partial charge in [0.2, 0.25) is 5.91 Å². The fraction of sp³-hybridized carbons (Fsp3) is 0.292. The van der Waals surface area contributed by atoms with Crippen LogP contribution in [-0.4, -0.2) is 40.5 Å². The molecule has 0 radical (unpaired) electrons. The van der Waals surface area contributed by atoms with E-state index in [-0.39, 0.29) is 5.91 Å². The lowest BCUT2D eigenvalue weighted by molar-refractivity contribution is -0.132. The van der Waals surface area contributed by atoms with Gasteiger partial charge < -0.3 is 15.5 Å². The number of thiazole rings is 1. The van der Waals surface area contributed by atoms with E-state index >= 15 is 0 Å². The molecule has 0 aliphatic carbocycles. The van der Waals surface area contributed by atoms with Crippen molar-refractivity contribution in [2.45, 2.75) is 25.2 Å². The molecule has 1 aromatic heterocycles. The van der Waals surface area contributed by atoms with Gasteiger partial charge in [0.15, 0.2) is 5.11 Å². The molecule has 1 aliphatic heterocycles. The van der Waals surface area contributed by atoms with Gasteiger partial charge in [-0.15, -0.1) is 11.3 Å². The molecule has 0 bridgehead atoms. The maximum absolute atomic E-state index is 12.6. The summed E-state index contributed by atoms with van der Waals surface area (Å²) < 4.78 is 1.05. The molecule has 0 unspecified atom stereocenters. The number of hydrogen-bond donors (Lipinski definition) is 2. The topological polar surface area (TPSA) is 57.3 Å². The number of halogens is 2. The molecule has 4 rings (SSSR count). The molecule has 1 saturated heterocycles. The number of hydrogen-bond acceptors (Lipinski definition) is 4. The number of thiocarbonyl (C=S) groups is 1. The highest BCUT2D eigenvalue weighted by Crippen LogP contribution is 2.33. The maximum Gasteiger partial charge on any atom is 0.224 e. The minimum atomic E-state index is 0.157. The zero-order valence-corrected chi connectivity index (χ0v) is 21.9. The van der Waals surface area contributed by atoms with E-state index in [1.807, 2.05) is 29.2 Å². The van der Waals surface area contributed by atoms with Crippen LogP contribution in [-0.2, 0) is 4.79 Å². The van der Waals surface area contributed by atoms with E-state index in [9.17, 15) is 4.79 Å². The highest BCUT2D eigenvalue weighted by Gasteiger charge is 2.25. The van der Waals surface area contributed by atoms with Crippen LogP contribution >= 0.6 is 51.1 Å². The second-order valence-electron chi connectivity index (χ2n) is 7.87. The Kier molecular flexibility index (Phi) is 8.35. The summed E-state index contributed by atoms with van der Waals surface area (Å²) in [5.74, 6) is 0.568. The molecule has 2 N–H and O–H groups in total. The Labute approximate surface area is 216 Å². The van der Waals surface area contributed by atoms with Crippen LogP contribution in [0.2, 0.25) is 5.02 Å². The van der Waals surface area contributed by atoms with E-state index in [1.165, 1.54) is 0 Å². The van der Waals surface area contributed by atoms with Crippen LogP contribution < -0.4 is 10.6 Å². The molecule has 1 fully saturated rings. The Balaban J connectivity index is 1.20. The van der Waals surface area contributed by atoms with Crippen molar-refractivity contribution in [2.75, 3.05) is 25.0 Å². The molecule has 1 aliphatic rings. The third-order valence-electron chi connectivity index (χ3n) is 5.57. The minimum absolute atomic E-state index is 0.157. The van der Waals surface area contributed by atoms with Gasteiger partial charge in [0.05, 0.1) is 10.7 Å². The molecule has 9 heteroatoms. The number of carbonyl (C=O) groups is 1.